The Kier molecular flexibility index (Phi) is 6.59. The first kappa shape index (κ1) is 25.4. The van der Waals surface area contributed by atoms with E-state index < -0.39 is 49.0 Å². The molecule has 200 valence electrons. The summed E-state index contributed by atoms with van der Waals surface area (Å²) in [5, 5.41) is 10.6. The summed E-state index contributed by atoms with van der Waals surface area (Å²) in [4.78, 5) is 41.3. The van der Waals surface area contributed by atoms with Gasteiger partial charge in [0.1, 0.15) is 11.6 Å². The Morgan fingerprint density at radius 1 is 1.22 bits per heavy atom. The molecule has 2 aliphatic heterocycles. The highest BCUT2D eigenvalue weighted by molar-refractivity contribution is 5.91. The van der Waals surface area contributed by atoms with Crippen LogP contribution in [0, 0.1) is 11.8 Å². The molecule has 3 fully saturated rings. The van der Waals surface area contributed by atoms with Crippen molar-refractivity contribution in [3.63, 3.8) is 0 Å². The fraction of sp³-hybridized carbons (Fsp3) is 0.625. The van der Waals surface area contributed by atoms with Crippen LogP contribution in [0.15, 0.2) is 18.2 Å². The van der Waals surface area contributed by atoms with Gasteiger partial charge in [0.25, 0.3) is 0 Å². The second-order valence-corrected chi connectivity index (χ2v) is 10.3. The predicted octanol–water partition coefficient (Wildman–Crippen LogP) is 1.09. The van der Waals surface area contributed by atoms with Crippen LogP contribution in [-0.2, 0) is 28.0 Å². The van der Waals surface area contributed by atoms with E-state index in [-0.39, 0.29) is 31.3 Å². The molecule has 37 heavy (non-hydrogen) atoms. The van der Waals surface area contributed by atoms with E-state index in [0.29, 0.717) is 23.5 Å². The minimum atomic E-state index is -4.55. The first-order valence-electron chi connectivity index (χ1n) is 12.5. The molecule has 2 aromatic rings. The molecule has 5 unspecified atom stereocenters. The summed E-state index contributed by atoms with van der Waals surface area (Å²) in [6.45, 7) is 0.116. The van der Waals surface area contributed by atoms with Crippen molar-refractivity contribution in [2.75, 3.05) is 13.1 Å². The number of amides is 3. The van der Waals surface area contributed by atoms with Crippen LogP contribution in [0.4, 0.5) is 13.2 Å². The van der Waals surface area contributed by atoms with Crippen molar-refractivity contribution in [2.24, 2.45) is 24.6 Å². The maximum Gasteiger partial charge on any atom is 0.393 e. The van der Waals surface area contributed by atoms with E-state index in [1.54, 1.807) is 29.9 Å². The summed E-state index contributed by atoms with van der Waals surface area (Å²) in [5.74, 6) is -2.76. The molecule has 0 spiro atoms. The number of nitrogens with zero attached hydrogens (tertiary/aromatic N) is 5. The number of hydrogen-bond acceptors (Lipinski definition) is 6. The Morgan fingerprint density at radius 2 is 2.00 bits per heavy atom. The van der Waals surface area contributed by atoms with E-state index in [1.165, 1.54) is 0 Å². The largest absolute Gasteiger partial charge is 0.393 e. The summed E-state index contributed by atoms with van der Waals surface area (Å²) in [6.07, 6.45) is -3.03. The molecule has 3 heterocycles. The molecule has 0 radical (unpaired) electrons. The quantitative estimate of drug-likeness (QED) is 0.562. The van der Waals surface area contributed by atoms with Gasteiger partial charge in [-0.2, -0.15) is 13.2 Å². The van der Waals surface area contributed by atoms with Crippen molar-refractivity contribution in [3.05, 3.63) is 23.8 Å². The van der Waals surface area contributed by atoms with Gasteiger partial charge in [0, 0.05) is 39.1 Å². The van der Waals surface area contributed by atoms with Gasteiger partial charge in [-0.3, -0.25) is 14.4 Å². The number of hydrogen-bond donors (Lipinski definition) is 2. The van der Waals surface area contributed by atoms with Gasteiger partial charge >= 0.3 is 6.18 Å². The number of carbonyl (C=O) groups excluding carboxylic acids is 3. The number of alkyl halides is 3. The van der Waals surface area contributed by atoms with Gasteiger partial charge < -0.3 is 20.9 Å². The SMILES string of the molecule is Cn1nnc2cc(CNC(=O)C3CC(C(F)(F)F)CN3C(=O)C(N)CCC(=O)N3CCC4CC43)ccc21. The minimum absolute atomic E-state index is 0.0190. The molecule has 3 aliphatic rings. The highest BCUT2D eigenvalue weighted by Crippen LogP contribution is 2.44. The molecule has 0 bridgehead atoms. The number of nitrogens with one attached hydrogen (secondary N) is 1. The molecular formula is C24H30F3N7O3. The molecule has 13 heteroatoms. The maximum atomic E-state index is 13.5. The molecule has 3 amide bonds. The van der Waals surface area contributed by atoms with Gasteiger partial charge in [0.05, 0.1) is 17.5 Å². The first-order valence-corrected chi connectivity index (χ1v) is 12.5. The van der Waals surface area contributed by atoms with Crippen molar-refractivity contribution in [1.82, 2.24) is 30.1 Å². The lowest BCUT2D eigenvalue weighted by molar-refractivity contribution is -0.171. The molecule has 3 N–H and O–H groups in total. The zero-order chi connectivity index (χ0) is 26.5. The fourth-order valence-corrected chi connectivity index (χ4v) is 5.53. The van der Waals surface area contributed by atoms with Gasteiger partial charge in [-0.15, -0.1) is 5.10 Å². The fourth-order valence-electron chi connectivity index (χ4n) is 5.53. The van der Waals surface area contributed by atoms with Crippen molar-refractivity contribution >= 4 is 28.8 Å². The molecule has 1 aliphatic carbocycles. The van der Waals surface area contributed by atoms with E-state index >= 15 is 0 Å². The van der Waals surface area contributed by atoms with Crippen molar-refractivity contribution in [1.29, 1.82) is 0 Å². The second-order valence-electron chi connectivity index (χ2n) is 10.3. The molecular weight excluding hydrogens is 491 g/mol. The normalized spacial score (nSPS) is 25.9. The van der Waals surface area contributed by atoms with Crippen LogP contribution in [0.25, 0.3) is 11.0 Å². The third-order valence-electron chi connectivity index (χ3n) is 7.82. The van der Waals surface area contributed by atoms with Crippen molar-refractivity contribution < 1.29 is 27.6 Å². The number of halogens is 3. The van der Waals surface area contributed by atoms with Crippen LogP contribution in [0.3, 0.4) is 0 Å². The van der Waals surface area contributed by atoms with Gasteiger partial charge in [0.2, 0.25) is 17.7 Å². The van der Waals surface area contributed by atoms with Crippen LogP contribution in [-0.4, -0.2) is 79.9 Å². The van der Waals surface area contributed by atoms with Gasteiger partial charge in [-0.25, -0.2) is 4.68 Å². The van der Waals surface area contributed by atoms with Crippen LogP contribution < -0.4 is 11.1 Å². The summed E-state index contributed by atoms with van der Waals surface area (Å²) >= 11 is 0. The number of fused-ring (bicyclic) bond motifs is 2. The van der Waals surface area contributed by atoms with Crippen LogP contribution in [0.2, 0.25) is 0 Å². The molecule has 1 aromatic heterocycles. The predicted molar refractivity (Wildman–Crippen MR) is 125 cm³/mol. The zero-order valence-corrected chi connectivity index (χ0v) is 20.4. The Balaban J connectivity index is 1.21. The summed E-state index contributed by atoms with van der Waals surface area (Å²) in [5.41, 5.74) is 8.15. The molecule has 2 saturated heterocycles. The van der Waals surface area contributed by atoms with Crippen LogP contribution >= 0.6 is 0 Å². The Hall–Kier alpha value is -3.22. The monoisotopic (exact) mass is 521 g/mol. The summed E-state index contributed by atoms with van der Waals surface area (Å²) in [7, 11) is 1.74. The Morgan fingerprint density at radius 3 is 2.68 bits per heavy atom. The van der Waals surface area contributed by atoms with Gasteiger partial charge in [-0.05, 0) is 49.3 Å². The average Bonchev–Trinajstić information content (AvgIpc) is 3.19. The number of aryl methyl sites for hydroxylation is 1. The summed E-state index contributed by atoms with van der Waals surface area (Å²) in [6, 6.07) is 3.10. The van der Waals surface area contributed by atoms with Crippen LogP contribution in [0.1, 0.15) is 37.7 Å². The second kappa shape index (κ2) is 9.58. The average molecular weight is 522 g/mol. The number of aromatic nitrogens is 3. The Labute approximate surface area is 211 Å². The zero-order valence-electron chi connectivity index (χ0n) is 20.4. The number of rotatable bonds is 7. The minimum Gasteiger partial charge on any atom is -0.350 e. The smallest absolute Gasteiger partial charge is 0.350 e. The topological polar surface area (TPSA) is 126 Å². The van der Waals surface area contributed by atoms with Crippen molar-refractivity contribution in [2.45, 2.75) is 63.0 Å². The number of benzene rings is 1. The standard InChI is InChI=1S/C24H30F3N7O3/c1-32-18-4-2-13(8-17(18)30-31-32)11-29-22(36)20-10-15(24(25,26)27)12-34(20)23(37)16(28)3-5-21(35)33-7-6-14-9-19(14)33/h2,4,8,14-16,19-20H,3,5-7,9-12,28H2,1H3,(H,29,36). The lowest BCUT2D eigenvalue weighted by Gasteiger charge is -2.27. The number of carbonyl (C=O) groups is 3. The summed E-state index contributed by atoms with van der Waals surface area (Å²) < 4.78 is 42.2. The van der Waals surface area contributed by atoms with Gasteiger partial charge in [0.15, 0.2) is 0 Å². The number of nitrogens with two attached hydrogens (primary N) is 1. The maximum absolute atomic E-state index is 13.5. The van der Waals surface area contributed by atoms with Crippen molar-refractivity contribution in [3.8, 4) is 0 Å². The lowest BCUT2D eigenvalue weighted by atomic mass is 10.0. The third-order valence-corrected chi connectivity index (χ3v) is 7.82. The van der Waals surface area contributed by atoms with E-state index in [9.17, 15) is 27.6 Å². The first-order chi connectivity index (χ1) is 17.5. The number of piperidine rings is 1. The van der Waals surface area contributed by atoms with E-state index in [2.05, 4.69) is 15.6 Å². The highest BCUT2D eigenvalue weighted by Gasteiger charge is 2.52. The molecule has 1 aromatic carbocycles. The lowest BCUT2D eigenvalue weighted by Crippen LogP contribution is -2.51. The van der Waals surface area contributed by atoms with Gasteiger partial charge in [-0.1, -0.05) is 11.3 Å². The molecule has 5 atom stereocenters. The Bertz CT molecular complexity index is 1220. The van der Waals surface area contributed by atoms with Crippen LogP contribution in [0.5, 0.6) is 0 Å². The molecule has 5 rings (SSSR count). The van der Waals surface area contributed by atoms with E-state index in [1.807, 2.05) is 4.90 Å². The highest BCUT2D eigenvalue weighted by atomic mass is 19.4. The molecule has 10 nitrogen and oxygen atoms in total. The van der Waals surface area contributed by atoms with E-state index in [4.69, 9.17) is 5.73 Å². The van der Waals surface area contributed by atoms with E-state index in [0.717, 1.165) is 23.3 Å². The number of likely N-dealkylation sites (tertiary alicyclic amines) is 2. The third kappa shape index (κ3) is 5.13. The molecule has 1 saturated carbocycles.